The fraction of sp³-hybridized carbons (Fsp3) is 0.471. The van der Waals surface area contributed by atoms with Crippen molar-refractivity contribution in [3.63, 3.8) is 0 Å². The molecule has 0 aliphatic rings. The lowest BCUT2D eigenvalue weighted by Gasteiger charge is -2.40. The smallest absolute Gasteiger partial charge is 0.314 e. The van der Waals surface area contributed by atoms with Gasteiger partial charge in [-0.05, 0) is 38.5 Å². The van der Waals surface area contributed by atoms with Crippen LogP contribution in [0.2, 0.25) is 0 Å². The van der Waals surface area contributed by atoms with Gasteiger partial charge in [-0.25, -0.2) is 9.67 Å². The second kappa shape index (κ2) is 7.00. The first kappa shape index (κ1) is 17.9. The summed E-state index contributed by atoms with van der Waals surface area (Å²) in [5.41, 5.74) is -2.18. The second-order valence-corrected chi connectivity index (χ2v) is 6.03. The third-order valence-corrected chi connectivity index (χ3v) is 4.24. The molecule has 2 rings (SSSR count). The Morgan fingerprint density at radius 2 is 1.96 bits per heavy atom. The fourth-order valence-corrected chi connectivity index (χ4v) is 2.55. The zero-order valence-electron chi connectivity index (χ0n) is 14.4. The standard InChI is InChI=1S/C17H23N3O4/c1-5-24-15(21)16(2,3)17(22,10-20-12-18-11-19-20)13-6-8-14(23-4)9-7-13/h6-9,11-12,22H,5,10H2,1-4H3. The topological polar surface area (TPSA) is 86.5 Å². The Labute approximate surface area is 141 Å². The molecule has 1 atom stereocenters. The largest absolute Gasteiger partial charge is 0.497 e. The maximum atomic E-state index is 12.5. The summed E-state index contributed by atoms with van der Waals surface area (Å²) in [6.45, 7) is 5.35. The first-order valence-electron chi connectivity index (χ1n) is 7.71. The van der Waals surface area contributed by atoms with Crippen LogP contribution in [0, 0.1) is 5.41 Å². The molecule has 0 fully saturated rings. The van der Waals surface area contributed by atoms with Gasteiger partial charge in [0.15, 0.2) is 0 Å². The molecular formula is C17H23N3O4. The number of ether oxygens (including phenoxy) is 2. The van der Waals surface area contributed by atoms with Gasteiger partial charge >= 0.3 is 5.97 Å². The van der Waals surface area contributed by atoms with Crippen molar-refractivity contribution in [2.75, 3.05) is 13.7 Å². The molecule has 0 spiro atoms. The van der Waals surface area contributed by atoms with Crippen LogP contribution >= 0.6 is 0 Å². The van der Waals surface area contributed by atoms with Gasteiger partial charge in [-0.15, -0.1) is 0 Å². The SMILES string of the molecule is CCOC(=O)C(C)(C)C(O)(Cn1cncn1)c1ccc(OC)cc1. The fourth-order valence-electron chi connectivity index (χ4n) is 2.55. The zero-order valence-corrected chi connectivity index (χ0v) is 14.4. The van der Waals surface area contributed by atoms with Gasteiger partial charge < -0.3 is 14.6 Å². The van der Waals surface area contributed by atoms with Crippen LogP contribution in [-0.4, -0.2) is 39.6 Å². The van der Waals surface area contributed by atoms with Crippen LogP contribution < -0.4 is 4.74 Å². The number of aliphatic hydroxyl groups is 1. The Balaban J connectivity index is 2.49. The molecule has 7 nitrogen and oxygen atoms in total. The summed E-state index contributed by atoms with van der Waals surface area (Å²) in [5, 5.41) is 15.6. The summed E-state index contributed by atoms with van der Waals surface area (Å²) in [5.74, 6) is 0.180. The summed E-state index contributed by atoms with van der Waals surface area (Å²) < 4.78 is 11.8. The van der Waals surface area contributed by atoms with Crippen LogP contribution in [0.25, 0.3) is 0 Å². The molecule has 1 aromatic heterocycles. The van der Waals surface area contributed by atoms with Crippen LogP contribution in [-0.2, 0) is 21.7 Å². The summed E-state index contributed by atoms with van der Waals surface area (Å²) in [6, 6.07) is 6.94. The van der Waals surface area contributed by atoms with Crippen LogP contribution in [0.3, 0.4) is 0 Å². The Bertz CT molecular complexity index is 668. The highest BCUT2D eigenvalue weighted by atomic mass is 16.5. The predicted molar refractivity (Wildman–Crippen MR) is 87.3 cm³/mol. The number of rotatable bonds is 7. The van der Waals surface area contributed by atoms with Gasteiger partial charge in [-0.1, -0.05) is 12.1 Å². The molecule has 0 amide bonds. The van der Waals surface area contributed by atoms with E-state index in [2.05, 4.69) is 10.1 Å². The Morgan fingerprint density at radius 3 is 2.46 bits per heavy atom. The highest BCUT2D eigenvalue weighted by Gasteiger charge is 2.51. The number of methoxy groups -OCH3 is 1. The van der Waals surface area contributed by atoms with Gasteiger partial charge in [0.1, 0.15) is 24.0 Å². The molecule has 130 valence electrons. The third kappa shape index (κ3) is 3.26. The van der Waals surface area contributed by atoms with E-state index < -0.39 is 17.0 Å². The van der Waals surface area contributed by atoms with E-state index in [1.807, 2.05) is 0 Å². The number of carbonyl (C=O) groups excluding carboxylic acids is 1. The van der Waals surface area contributed by atoms with Crippen molar-refractivity contribution in [3.8, 4) is 5.75 Å². The van der Waals surface area contributed by atoms with Gasteiger partial charge in [0.05, 0.1) is 25.7 Å². The van der Waals surface area contributed by atoms with Crippen molar-refractivity contribution in [1.82, 2.24) is 14.8 Å². The van der Waals surface area contributed by atoms with Crippen molar-refractivity contribution < 1.29 is 19.4 Å². The molecule has 7 heteroatoms. The lowest BCUT2D eigenvalue weighted by atomic mass is 9.70. The third-order valence-electron chi connectivity index (χ3n) is 4.24. The molecule has 1 aromatic carbocycles. The molecule has 0 aliphatic heterocycles. The number of aromatic nitrogens is 3. The van der Waals surface area contributed by atoms with E-state index in [1.165, 1.54) is 17.3 Å². The predicted octanol–water partition coefficient (Wildman–Crippen LogP) is 1.76. The molecule has 24 heavy (non-hydrogen) atoms. The maximum absolute atomic E-state index is 12.5. The Kier molecular flexibility index (Phi) is 5.23. The number of esters is 1. The molecule has 1 unspecified atom stereocenters. The van der Waals surface area contributed by atoms with E-state index in [1.54, 1.807) is 52.1 Å². The van der Waals surface area contributed by atoms with Crippen LogP contribution in [0.5, 0.6) is 5.75 Å². The minimum absolute atomic E-state index is 0.0607. The Hall–Kier alpha value is -2.41. The average molecular weight is 333 g/mol. The molecule has 0 saturated heterocycles. The molecule has 0 bridgehead atoms. The molecule has 0 radical (unpaired) electrons. The molecule has 0 saturated carbocycles. The van der Waals surface area contributed by atoms with E-state index in [0.29, 0.717) is 11.3 Å². The van der Waals surface area contributed by atoms with E-state index in [9.17, 15) is 9.90 Å². The summed E-state index contributed by atoms with van der Waals surface area (Å²) >= 11 is 0. The number of hydrogen-bond donors (Lipinski definition) is 1. The molecule has 1 N–H and O–H groups in total. The second-order valence-electron chi connectivity index (χ2n) is 6.03. The van der Waals surface area contributed by atoms with Crippen LogP contribution in [0.15, 0.2) is 36.9 Å². The monoisotopic (exact) mass is 333 g/mol. The van der Waals surface area contributed by atoms with Gasteiger partial charge in [-0.2, -0.15) is 5.10 Å². The van der Waals surface area contributed by atoms with Gasteiger partial charge in [0, 0.05) is 0 Å². The number of carbonyl (C=O) groups is 1. The average Bonchev–Trinajstić information content (AvgIpc) is 3.07. The molecular weight excluding hydrogens is 310 g/mol. The summed E-state index contributed by atoms with van der Waals surface area (Å²) in [4.78, 5) is 16.4. The Morgan fingerprint density at radius 1 is 1.29 bits per heavy atom. The minimum Gasteiger partial charge on any atom is -0.497 e. The van der Waals surface area contributed by atoms with Crippen molar-refractivity contribution in [2.24, 2.45) is 5.41 Å². The lowest BCUT2D eigenvalue weighted by molar-refractivity contribution is -0.175. The summed E-state index contributed by atoms with van der Waals surface area (Å²) in [6.07, 6.45) is 2.88. The summed E-state index contributed by atoms with van der Waals surface area (Å²) in [7, 11) is 1.57. The number of hydrogen-bond acceptors (Lipinski definition) is 6. The quantitative estimate of drug-likeness (QED) is 0.777. The van der Waals surface area contributed by atoms with Gasteiger partial charge in [0.25, 0.3) is 0 Å². The number of benzene rings is 1. The molecule has 0 aliphatic carbocycles. The van der Waals surface area contributed by atoms with E-state index in [4.69, 9.17) is 9.47 Å². The van der Waals surface area contributed by atoms with Crippen LogP contribution in [0.1, 0.15) is 26.3 Å². The number of nitrogens with zero attached hydrogens (tertiary/aromatic N) is 3. The first-order chi connectivity index (χ1) is 11.3. The van der Waals surface area contributed by atoms with E-state index >= 15 is 0 Å². The zero-order chi connectivity index (χ0) is 17.8. The van der Waals surface area contributed by atoms with E-state index in [-0.39, 0.29) is 13.2 Å². The van der Waals surface area contributed by atoms with Crippen molar-refractivity contribution in [2.45, 2.75) is 32.9 Å². The van der Waals surface area contributed by atoms with Gasteiger partial charge in [0.2, 0.25) is 0 Å². The van der Waals surface area contributed by atoms with Crippen molar-refractivity contribution in [3.05, 3.63) is 42.5 Å². The van der Waals surface area contributed by atoms with E-state index in [0.717, 1.165) is 0 Å². The van der Waals surface area contributed by atoms with Crippen molar-refractivity contribution >= 4 is 5.97 Å². The minimum atomic E-state index is -1.54. The van der Waals surface area contributed by atoms with Crippen LogP contribution in [0.4, 0.5) is 0 Å². The normalized spacial score (nSPS) is 14.0. The highest BCUT2D eigenvalue weighted by Crippen LogP contribution is 2.42. The first-order valence-corrected chi connectivity index (χ1v) is 7.71. The molecule has 2 aromatic rings. The molecule has 1 heterocycles. The van der Waals surface area contributed by atoms with Crippen molar-refractivity contribution in [1.29, 1.82) is 0 Å². The lowest BCUT2D eigenvalue weighted by Crippen LogP contribution is -2.50. The van der Waals surface area contributed by atoms with Gasteiger partial charge in [-0.3, -0.25) is 4.79 Å². The maximum Gasteiger partial charge on any atom is 0.314 e. The highest BCUT2D eigenvalue weighted by molar-refractivity contribution is 5.78.